The van der Waals surface area contributed by atoms with E-state index in [0.717, 1.165) is 10.0 Å². The van der Waals surface area contributed by atoms with E-state index in [-0.39, 0.29) is 18.2 Å². The molecule has 4 rings (SSSR count). The topological polar surface area (TPSA) is 83.1 Å². The standard InChI is InChI=1S/C24H19BrF2N4O3S/c1-15-28-29-24(31(15)20-9-7-19(27)8-10-20)35-23(13-30(32)33)21-12-17(25)4-11-22(21)34-14-16-2-5-18(26)6-3-16/h2-12,23H,13-14H2,1H3/t23-/m0/s1. The molecule has 35 heavy (non-hydrogen) atoms. The maximum atomic E-state index is 13.4. The smallest absolute Gasteiger partial charge is 0.220 e. The molecule has 11 heteroatoms. The second kappa shape index (κ2) is 11.0. The number of hydrogen-bond acceptors (Lipinski definition) is 6. The van der Waals surface area contributed by atoms with Gasteiger partial charge in [0.05, 0.1) is 0 Å². The van der Waals surface area contributed by atoms with Crippen LogP contribution in [0.25, 0.3) is 5.69 Å². The van der Waals surface area contributed by atoms with Crippen molar-refractivity contribution < 1.29 is 18.4 Å². The summed E-state index contributed by atoms with van der Waals surface area (Å²) in [4.78, 5) is 11.2. The second-order valence-electron chi connectivity index (χ2n) is 7.56. The summed E-state index contributed by atoms with van der Waals surface area (Å²) in [6.45, 7) is 1.51. The van der Waals surface area contributed by atoms with Crippen molar-refractivity contribution in [2.75, 3.05) is 6.54 Å². The summed E-state index contributed by atoms with van der Waals surface area (Å²) in [7, 11) is 0. The van der Waals surface area contributed by atoms with Gasteiger partial charge in [-0.3, -0.25) is 14.7 Å². The minimum atomic E-state index is -0.673. The highest BCUT2D eigenvalue weighted by Crippen LogP contribution is 2.41. The molecular weight excluding hydrogens is 542 g/mol. The first-order chi connectivity index (χ1) is 16.8. The Morgan fingerprint density at radius 2 is 1.71 bits per heavy atom. The van der Waals surface area contributed by atoms with Gasteiger partial charge in [0.1, 0.15) is 35.1 Å². The van der Waals surface area contributed by atoms with Crippen molar-refractivity contribution >= 4 is 27.7 Å². The molecule has 3 aromatic carbocycles. The average molecular weight is 561 g/mol. The minimum absolute atomic E-state index is 0.162. The van der Waals surface area contributed by atoms with E-state index >= 15 is 0 Å². The van der Waals surface area contributed by atoms with Gasteiger partial charge in [-0.2, -0.15) is 0 Å². The molecule has 7 nitrogen and oxygen atoms in total. The van der Waals surface area contributed by atoms with Gasteiger partial charge in [0.15, 0.2) is 5.16 Å². The molecule has 0 N–H and O–H groups in total. The van der Waals surface area contributed by atoms with Crippen molar-refractivity contribution in [3.05, 3.63) is 110 Å². The maximum absolute atomic E-state index is 13.4. The van der Waals surface area contributed by atoms with E-state index in [4.69, 9.17) is 4.74 Å². The minimum Gasteiger partial charge on any atom is -0.489 e. The third kappa shape index (κ3) is 6.23. The lowest BCUT2D eigenvalue weighted by atomic mass is 10.1. The van der Waals surface area contributed by atoms with Crippen LogP contribution in [0.1, 0.15) is 22.2 Å². The van der Waals surface area contributed by atoms with Crippen molar-refractivity contribution in [1.82, 2.24) is 14.8 Å². The highest BCUT2D eigenvalue weighted by Gasteiger charge is 2.27. The maximum Gasteiger partial charge on any atom is 0.220 e. The number of aromatic nitrogens is 3. The van der Waals surface area contributed by atoms with Gasteiger partial charge >= 0.3 is 0 Å². The van der Waals surface area contributed by atoms with Crippen molar-refractivity contribution in [2.45, 2.75) is 23.9 Å². The largest absolute Gasteiger partial charge is 0.489 e. The van der Waals surface area contributed by atoms with Crippen LogP contribution in [-0.4, -0.2) is 26.2 Å². The summed E-state index contributed by atoms with van der Waals surface area (Å²) in [5.41, 5.74) is 1.98. The van der Waals surface area contributed by atoms with Crippen LogP contribution >= 0.6 is 27.7 Å². The lowest BCUT2D eigenvalue weighted by Crippen LogP contribution is -2.12. The summed E-state index contributed by atoms with van der Waals surface area (Å²) >= 11 is 4.60. The predicted molar refractivity (Wildman–Crippen MR) is 131 cm³/mol. The third-order valence-corrected chi connectivity index (χ3v) is 6.72. The molecule has 180 valence electrons. The molecule has 0 unspecified atom stereocenters. The summed E-state index contributed by atoms with van der Waals surface area (Å²) in [6.07, 6.45) is 0. The summed E-state index contributed by atoms with van der Waals surface area (Å²) in [6, 6.07) is 17.0. The molecule has 0 aliphatic carbocycles. The molecular formula is C24H19BrF2N4O3S. The van der Waals surface area contributed by atoms with Gasteiger partial charge in [-0.25, -0.2) is 8.78 Å². The fourth-order valence-corrected chi connectivity index (χ4v) is 4.98. The van der Waals surface area contributed by atoms with Gasteiger partial charge in [-0.15, -0.1) is 10.2 Å². The van der Waals surface area contributed by atoms with Crippen LogP contribution in [-0.2, 0) is 6.61 Å². The van der Waals surface area contributed by atoms with E-state index in [1.54, 1.807) is 54.0 Å². The molecule has 0 bridgehead atoms. The summed E-state index contributed by atoms with van der Waals surface area (Å²) < 4.78 is 35.1. The number of nitro groups is 1. The van der Waals surface area contributed by atoms with Crippen LogP contribution in [0.2, 0.25) is 0 Å². The van der Waals surface area contributed by atoms with E-state index in [1.807, 2.05) is 0 Å². The van der Waals surface area contributed by atoms with E-state index in [2.05, 4.69) is 26.1 Å². The Labute approximate surface area is 212 Å². The number of halogens is 3. The van der Waals surface area contributed by atoms with Crippen LogP contribution in [0.3, 0.4) is 0 Å². The molecule has 1 atom stereocenters. The van der Waals surface area contributed by atoms with Crippen molar-refractivity contribution in [2.24, 2.45) is 0 Å². The normalized spacial score (nSPS) is 11.9. The molecule has 0 aliphatic heterocycles. The Balaban J connectivity index is 1.67. The molecule has 0 amide bonds. The Morgan fingerprint density at radius 3 is 2.37 bits per heavy atom. The van der Waals surface area contributed by atoms with Crippen LogP contribution in [0, 0.1) is 28.7 Å². The number of aryl methyl sites for hydroxylation is 1. The molecule has 0 aliphatic rings. The van der Waals surface area contributed by atoms with Gasteiger partial charge in [0, 0.05) is 20.6 Å². The van der Waals surface area contributed by atoms with Gasteiger partial charge in [0.25, 0.3) is 0 Å². The number of rotatable bonds is 9. The Hall–Kier alpha value is -3.31. The molecule has 0 fully saturated rings. The number of thioether (sulfide) groups is 1. The van der Waals surface area contributed by atoms with Gasteiger partial charge < -0.3 is 4.74 Å². The second-order valence-corrected chi connectivity index (χ2v) is 9.65. The van der Waals surface area contributed by atoms with E-state index in [0.29, 0.717) is 28.0 Å². The first kappa shape index (κ1) is 24.8. The molecule has 4 aromatic rings. The molecule has 0 saturated carbocycles. The fraction of sp³-hybridized carbons (Fsp3) is 0.167. The van der Waals surface area contributed by atoms with Crippen molar-refractivity contribution in [3.63, 3.8) is 0 Å². The molecule has 0 radical (unpaired) electrons. The van der Waals surface area contributed by atoms with Gasteiger partial charge in [0.2, 0.25) is 6.54 Å². The van der Waals surface area contributed by atoms with Crippen LogP contribution in [0.15, 0.2) is 76.4 Å². The quantitative estimate of drug-likeness (QED) is 0.135. The van der Waals surface area contributed by atoms with Crippen LogP contribution < -0.4 is 4.74 Å². The zero-order valence-corrected chi connectivity index (χ0v) is 20.8. The average Bonchev–Trinajstić information content (AvgIpc) is 3.19. The number of hydrogen-bond donors (Lipinski definition) is 0. The van der Waals surface area contributed by atoms with E-state index < -0.39 is 16.7 Å². The number of ether oxygens (including phenoxy) is 1. The van der Waals surface area contributed by atoms with Crippen molar-refractivity contribution in [3.8, 4) is 11.4 Å². The molecule has 0 spiro atoms. The monoisotopic (exact) mass is 560 g/mol. The lowest BCUT2D eigenvalue weighted by molar-refractivity contribution is -0.479. The number of nitrogens with zero attached hydrogens (tertiary/aromatic N) is 4. The third-order valence-electron chi connectivity index (χ3n) is 5.07. The summed E-state index contributed by atoms with van der Waals surface area (Å²) in [5.74, 6) is 0.292. The zero-order valence-electron chi connectivity index (χ0n) is 18.4. The SMILES string of the molecule is Cc1nnc(S[C@@H](C[N+](=O)[O-])c2cc(Br)ccc2OCc2ccc(F)cc2)n1-c1ccc(F)cc1. The van der Waals surface area contributed by atoms with E-state index in [1.165, 1.54) is 36.0 Å². The van der Waals surface area contributed by atoms with Crippen LogP contribution in [0.4, 0.5) is 8.78 Å². The highest BCUT2D eigenvalue weighted by molar-refractivity contribution is 9.10. The first-order valence-electron chi connectivity index (χ1n) is 10.4. The van der Waals surface area contributed by atoms with Crippen molar-refractivity contribution in [1.29, 1.82) is 0 Å². The van der Waals surface area contributed by atoms with Gasteiger partial charge in [-0.1, -0.05) is 39.8 Å². The van der Waals surface area contributed by atoms with Crippen LogP contribution in [0.5, 0.6) is 5.75 Å². The van der Waals surface area contributed by atoms with Gasteiger partial charge in [-0.05, 0) is 67.1 Å². The first-order valence-corrected chi connectivity index (χ1v) is 12.1. The Bertz CT molecular complexity index is 1330. The molecule has 1 heterocycles. The zero-order chi connectivity index (χ0) is 24.9. The van der Waals surface area contributed by atoms with E-state index in [9.17, 15) is 18.9 Å². The lowest BCUT2D eigenvalue weighted by Gasteiger charge is -2.18. The Kier molecular flexibility index (Phi) is 7.76. The molecule has 0 saturated heterocycles. The number of benzene rings is 3. The Morgan fingerprint density at radius 1 is 1.06 bits per heavy atom. The summed E-state index contributed by atoms with van der Waals surface area (Å²) in [5, 5.41) is 19.7. The predicted octanol–water partition coefficient (Wildman–Crippen LogP) is 6.31. The highest BCUT2D eigenvalue weighted by atomic mass is 79.9. The molecule has 1 aromatic heterocycles. The fourth-order valence-electron chi connectivity index (χ4n) is 3.41.